The summed E-state index contributed by atoms with van der Waals surface area (Å²) in [5.74, 6) is 0.0327. The van der Waals surface area contributed by atoms with E-state index in [0.29, 0.717) is 24.3 Å². The summed E-state index contributed by atoms with van der Waals surface area (Å²) >= 11 is 0. The lowest BCUT2D eigenvalue weighted by Gasteiger charge is -2.33. The van der Waals surface area contributed by atoms with Gasteiger partial charge in [-0.05, 0) is 25.0 Å². The van der Waals surface area contributed by atoms with E-state index in [1.54, 1.807) is 31.4 Å². The molecule has 2 rings (SSSR count). The van der Waals surface area contributed by atoms with Gasteiger partial charge >= 0.3 is 5.97 Å². The first-order chi connectivity index (χ1) is 11.1. The van der Waals surface area contributed by atoms with E-state index in [1.807, 2.05) is 0 Å². The second-order valence-electron chi connectivity index (χ2n) is 5.89. The number of carbonyl (C=O) groups is 2. The summed E-state index contributed by atoms with van der Waals surface area (Å²) in [6.07, 6.45) is 4.06. The molecule has 0 bridgehead atoms. The lowest BCUT2D eigenvalue weighted by molar-refractivity contribution is -0.151. The van der Waals surface area contributed by atoms with Gasteiger partial charge in [-0.25, -0.2) is 0 Å². The van der Waals surface area contributed by atoms with Crippen molar-refractivity contribution in [2.45, 2.75) is 32.1 Å². The van der Waals surface area contributed by atoms with Crippen molar-refractivity contribution in [1.82, 2.24) is 5.32 Å². The number of carbonyl (C=O) groups excluding carboxylic acids is 1. The van der Waals surface area contributed by atoms with Crippen LogP contribution in [-0.2, 0) is 9.59 Å². The summed E-state index contributed by atoms with van der Waals surface area (Å²) in [6, 6.07) is 6.98. The Kier molecular flexibility index (Phi) is 5.84. The highest BCUT2D eigenvalue weighted by Crippen LogP contribution is 2.35. The molecule has 2 N–H and O–H groups in total. The summed E-state index contributed by atoms with van der Waals surface area (Å²) < 4.78 is 10.5. The number of carboxylic acid groups (broad SMARTS) is 1. The molecule has 1 aromatic rings. The number of ether oxygens (including phenoxy) is 2. The molecule has 0 radical (unpaired) electrons. The number of hydrogen-bond donors (Lipinski definition) is 2. The van der Waals surface area contributed by atoms with E-state index in [4.69, 9.17) is 9.47 Å². The fourth-order valence-corrected chi connectivity index (χ4v) is 2.85. The van der Waals surface area contributed by atoms with Crippen molar-refractivity contribution >= 4 is 11.9 Å². The van der Waals surface area contributed by atoms with Crippen LogP contribution in [0.25, 0.3) is 0 Å². The third-order valence-electron chi connectivity index (χ3n) is 4.30. The zero-order valence-electron chi connectivity index (χ0n) is 13.3. The second kappa shape index (κ2) is 7.85. The number of carboxylic acids is 1. The Bertz CT molecular complexity index is 552. The van der Waals surface area contributed by atoms with Crippen molar-refractivity contribution in [3.8, 4) is 11.5 Å². The van der Waals surface area contributed by atoms with Gasteiger partial charge in [0, 0.05) is 12.6 Å². The smallest absolute Gasteiger partial charge is 0.311 e. The van der Waals surface area contributed by atoms with Crippen LogP contribution in [0.15, 0.2) is 24.3 Å². The minimum absolute atomic E-state index is 0.150. The van der Waals surface area contributed by atoms with Crippen LogP contribution >= 0.6 is 0 Å². The summed E-state index contributed by atoms with van der Waals surface area (Å²) in [7, 11) is 1.56. The molecule has 1 fully saturated rings. The Morgan fingerprint density at radius 2 is 1.91 bits per heavy atom. The zero-order valence-corrected chi connectivity index (χ0v) is 13.3. The van der Waals surface area contributed by atoms with E-state index in [-0.39, 0.29) is 19.1 Å². The minimum atomic E-state index is -0.829. The van der Waals surface area contributed by atoms with E-state index in [2.05, 4.69) is 5.32 Å². The minimum Gasteiger partial charge on any atom is -0.497 e. The first-order valence-electron chi connectivity index (χ1n) is 7.83. The van der Waals surface area contributed by atoms with Gasteiger partial charge in [0.15, 0.2) is 6.61 Å². The number of nitrogens with one attached hydrogen (secondary N) is 1. The molecule has 23 heavy (non-hydrogen) atoms. The Hall–Kier alpha value is -2.24. The molecular formula is C17H23NO5. The molecule has 0 atom stereocenters. The standard InChI is InChI=1S/C17H23NO5/c1-22-13-6-5-7-14(10-13)23-11-15(19)18-12-17(16(20)21)8-3-2-4-9-17/h5-7,10H,2-4,8-9,11-12H2,1H3,(H,18,19)(H,20,21). The monoisotopic (exact) mass is 321 g/mol. The van der Waals surface area contributed by atoms with Crippen molar-refractivity contribution in [3.05, 3.63) is 24.3 Å². The largest absolute Gasteiger partial charge is 0.497 e. The molecule has 0 unspecified atom stereocenters. The first kappa shape index (κ1) is 17.1. The Labute approximate surface area is 135 Å². The Morgan fingerprint density at radius 1 is 1.22 bits per heavy atom. The van der Waals surface area contributed by atoms with Crippen LogP contribution < -0.4 is 14.8 Å². The van der Waals surface area contributed by atoms with E-state index in [0.717, 1.165) is 19.3 Å². The molecule has 1 aromatic carbocycles. The van der Waals surface area contributed by atoms with Gasteiger partial charge in [-0.2, -0.15) is 0 Å². The van der Waals surface area contributed by atoms with Gasteiger partial charge in [-0.1, -0.05) is 25.3 Å². The highest BCUT2D eigenvalue weighted by atomic mass is 16.5. The van der Waals surface area contributed by atoms with E-state index in [1.165, 1.54) is 0 Å². The maximum absolute atomic E-state index is 11.9. The maximum atomic E-state index is 11.9. The van der Waals surface area contributed by atoms with Crippen LogP contribution in [0.5, 0.6) is 11.5 Å². The molecule has 0 aliphatic heterocycles. The zero-order chi connectivity index (χ0) is 16.7. The van der Waals surface area contributed by atoms with Crippen molar-refractivity contribution in [3.63, 3.8) is 0 Å². The molecule has 0 spiro atoms. The summed E-state index contributed by atoms with van der Waals surface area (Å²) in [5.41, 5.74) is -0.829. The molecule has 0 aromatic heterocycles. The van der Waals surface area contributed by atoms with Crippen LogP contribution in [0.1, 0.15) is 32.1 Å². The number of methoxy groups -OCH3 is 1. The van der Waals surface area contributed by atoms with Crippen LogP contribution in [0.4, 0.5) is 0 Å². The SMILES string of the molecule is COc1cccc(OCC(=O)NCC2(C(=O)O)CCCCC2)c1. The summed E-state index contributed by atoms with van der Waals surface area (Å²) in [4.78, 5) is 23.5. The molecule has 1 amide bonds. The lowest BCUT2D eigenvalue weighted by Crippen LogP contribution is -2.45. The Morgan fingerprint density at radius 3 is 2.57 bits per heavy atom. The summed E-state index contributed by atoms with van der Waals surface area (Å²) in [5, 5.41) is 12.2. The van der Waals surface area contributed by atoms with E-state index >= 15 is 0 Å². The van der Waals surface area contributed by atoms with Crippen molar-refractivity contribution in [2.75, 3.05) is 20.3 Å². The summed E-state index contributed by atoms with van der Waals surface area (Å²) in [6.45, 7) is 0.00546. The van der Waals surface area contributed by atoms with Crippen LogP contribution in [0.3, 0.4) is 0 Å². The van der Waals surface area contributed by atoms with Gasteiger partial charge in [-0.15, -0.1) is 0 Å². The molecular weight excluding hydrogens is 298 g/mol. The Balaban J connectivity index is 1.83. The lowest BCUT2D eigenvalue weighted by atomic mass is 9.74. The van der Waals surface area contributed by atoms with Gasteiger partial charge in [0.1, 0.15) is 11.5 Å². The normalized spacial score (nSPS) is 16.4. The molecule has 0 saturated heterocycles. The van der Waals surface area contributed by atoms with Gasteiger partial charge in [0.2, 0.25) is 0 Å². The van der Waals surface area contributed by atoms with Crippen LogP contribution in [0, 0.1) is 5.41 Å². The van der Waals surface area contributed by atoms with Gasteiger partial charge in [-0.3, -0.25) is 9.59 Å². The second-order valence-corrected chi connectivity index (χ2v) is 5.89. The molecule has 1 aliphatic rings. The van der Waals surface area contributed by atoms with Crippen molar-refractivity contribution < 1.29 is 24.2 Å². The van der Waals surface area contributed by atoms with Crippen LogP contribution in [-0.4, -0.2) is 37.2 Å². The highest BCUT2D eigenvalue weighted by molar-refractivity contribution is 5.80. The molecule has 6 heteroatoms. The quantitative estimate of drug-likeness (QED) is 0.804. The van der Waals surface area contributed by atoms with Crippen LogP contribution in [0.2, 0.25) is 0 Å². The molecule has 1 aliphatic carbocycles. The predicted molar refractivity (Wildman–Crippen MR) is 84.7 cm³/mol. The predicted octanol–water partition coefficient (Wildman–Crippen LogP) is 2.23. The van der Waals surface area contributed by atoms with E-state index in [9.17, 15) is 14.7 Å². The molecule has 0 heterocycles. The topological polar surface area (TPSA) is 84.9 Å². The molecule has 1 saturated carbocycles. The van der Waals surface area contributed by atoms with Gasteiger partial charge in [0.05, 0.1) is 12.5 Å². The average Bonchev–Trinajstić information content (AvgIpc) is 2.59. The molecule has 126 valence electrons. The maximum Gasteiger partial charge on any atom is 0.311 e. The average molecular weight is 321 g/mol. The third kappa shape index (κ3) is 4.61. The van der Waals surface area contributed by atoms with Gasteiger partial charge < -0.3 is 19.9 Å². The van der Waals surface area contributed by atoms with Crippen molar-refractivity contribution in [2.24, 2.45) is 5.41 Å². The highest BCUT2D eigenvalue weighted by Gasteiger charge is 2.39. The fraction of sp³-hybridized carbons (Fsp3) is 0.529. The number of rotatable bonds is 7. The van der Waals surface area contributed by atoms with Crippen molar-refractivity contribution in [1.29, 1.82) is 0 Å². The number of hydrogen-bond acceptors (Lipinski definition) is 4. The van der Waals surface area contributed by atoms with E-state index < -0.39 is 11.4 Å². The number of benzene rings is 1. The molecule has 6 nitrogen and oxygen atoms in total. The fourth-order valence-electron chi connectivity index (χ4n) is 2.85. The number of aliphatic carboxylic acids is 1. The van der Waals surface area contributed by atoms with Gasteiger partial charge in [0.25, 0.3) is 5.91 Å². The first-order valence-corrected chi connectivity index (χ1v) is 7.83. The number of amides is 1. The third-order valence-corrected chi connectivity index (χ3v) is 4.30.